The fourth-order valence-electron chi connectivity index (χ4n) is 0.935. The van der Waals surface area contributed by atoms with Crippen molar-refractivity contribution >= 4 is 11.6 Å². The molecule has 0 amide bonds. The van der Waals surface area contributed by atoms with E-state index in [1.165, 1.54) is 0 Å². The van der Waals surface area contributed by atoms with Crippen molar-refractivity contribution in [2.75, 3.05) is 0 Å². The van der Waals surface area contributed by atoms with Gasteiger partial charge in [0, 0.05) is 23.9 Å². The number of aromatic nitrogens is 2. The zero-order valence-corrected chi connectivity index (χ0v) is 7.97. The van der Waals surface area contributed by atoms with Crippen molar-refractivity contribution in [3.05, 3.63) is 23.2 Å². The minimum Gasteiger partial charge on any atom is -0.325 e. The van der Waals surface area contributed by atoms with Crippen LogP contribution < -0.4 is 5.73 Å². The molecule has 1 rings (SSSR count). The van der Waals surface area contributed by atoms with E-state index in [-0.39, 0.29) is 10.8 Å². The Kier molecular flexibility index (Phi) is 2.65. The quantitative estimate of drug-likeness (QED) is 0.709. The second kappa shape index (κ2) is 3.37. The van der Waals surface area contributed by atoms with Crippen molar-refractivity contribution in [2.24, 2.45) is 5.73 Å². The Hall–Kier alpha value is -0.670. The summed E-state index contributed by atoms with van der Waals surface area (Å²) in [7, 11) is 0. The van der Waals surface area contributed by atoms with Crippen molar-refractivity contribution < 1.29 is 0 Å². The van der Waals surface area contributed by atoms with E-state index in [0.717, 1.165) is 5.69 Å². The van der Waals surface area contributed by atoms with Gasteiger partial charge in [-0.05, 0) is 31.5 Å². The van der Waals surface area contributed by atoms with Crippen LogP contribution in [0.3, 0.4) is 0 Å². The lowest BCUT2D eigenvalue weighted by molar-refractivity contribution is 0.509. The average molecular weight is 186 g/mol. The third kappa shape index (κ3) is 3.15. The number of nitrogens with two attached hydrogens (primary N) is 1. The molecule has 3 nitrogen and oxygen atoms in total. The van der Waals surface area contributed by atoms with Gasteiger partial charge in [0.15, 0.2) is 0 Å². The summed E-state index contributed by atoms with van der Waals surface area (Å²) in [5, 5.41) is 0.275. The zero-order valence-electron chi connectivity index (χ0n) is 7.21. The smallest absolute Gasteiger partial charge is 0.222 e. The minimum absolute atomic E-state index is 0.252. The minimum atomic E-state index is -0.252. The lowest BCUT2D eigenvalue weighted by Crippen LogP contribution is -2.34. The molecule has 0 spiro atoms. The topological polar surface area (TPSA) is 51.8 Å². The van der Waals surface area contributed by atoms with Crippen LogP contribution in [-0.4, -0.2) is 15.5 Å². The van der Waals surface area contributed by atoms with Gasteiger partial charge in [-0.2, -0.15) is 0 Å². The van der Waals surface area contributed by atoms with Gasteiger partial charge in [0.05, 0.1) is 0 Å². The predicted octanol–water partition coefficient (Wildman–Crippen LogP) is 1.41. The molecule has 0 saturated heterocycles. The lowest BCUT2D eigenvalue weighted by Gasteiger charge is -2.17. The van der Waals surface area contributed by atoms with Crippen molar-refractivity contribution in [3.8, 4) is 0 Å². The first-order valence-corrected chi connectivity index (χ1v) is 4.11. The van der Waals surface area contributed by atoms with Crippen LogP contribution in [0.5, 0.6) is 0 Å². The van der Waals surface area contributed by atoms with Crippen LogP contribution in [0.15, 0.2) is 12.3 Å². The number of nitrogens with zero attached hydrogens (tertiary/aromatic N) is 2. The molecule has 0 unspecified atom stereocenters. The Morgan fingerprint density at radius 3 is 2.75 bits per heavy atom. The van der Waals surface area contributed by atoms with E-state index < -0.39 is 0 Å². The largest absolute Gasteiger partial charge is 0.325 e. The van der Waals surface area contributed by atoms with Crippen molar-refractivity contribution in [3.63, 3.8) is 0 Å². The Bertz CT molecular complexity index is 267. The van der Waals surface area contributed by atoms with E-state index in [4.69, 9.17) is 17.3 Å². The molecule has 2 N–H and O–H groups in total. The Labute approximate surface area is 77.0 Å². The maximum absolute atomic E-state index is 5.81. The molecule has 0 saturated carbocycles. The van der Waals surface area contributed by atoms with Crippen LogP contribution >= 0.6 is 11.6 Å². The molecule has 0 aliphatic carbocycles. The summed E-state index contributed by atoms with van der Waals surface area (Å²) in [6.07, 6.45) is 2.34. The second-order valence-electron chi connectivity index (χ2n) is 3.48. The maximum atomic E-state index is 5.81. The molecule has 0 aliphatic heterocycles. The summed E-state index contributed by atoms with van der Waals surface area (Å²) in [6.45, 7) is 3.89. The first kappa shape index (κ1) is 9.42. The van der Waals surface area contributed by atoms with E-state index in [9.17, 15) is 0 Å². The summed E-state index contributed by atoms with van der Waals surface area (Å²) in [4.78, 5) is 7.82. The fourth-order valence-corrected chi connectivity index (χ4v) is 1.10. The van der Waals surface area contributed by atoms with E-state index in [1.807, 2.05) is 19.9 Å². The third-order valence-corrected chi connectivity index (χ3v) is 1.50. The van der Waals surface area contributed by atoms with Crippen molar-refractivity contribution in [2.45, 2.75) is 25.8 Å². The molecule has 1 aromatic heterocycles. The highest BCUT2D eigenvalue weighted by atomic mass is 35.5. The molecule has 1 aromatic rings. The summed E-state index contributed by atoms with van der Waals surface area (Å²) < 4.78 is 0. The normalized spacial score (nSPS) is 11.7. The number of halogens is 1. The van der Waals surface area contributed by atoms with E-state index >= 15 is 0 Å². The van der Waals surface area contributed by atoms with Gasteiger partial charge in [-0.25, -0.2) is 9.97 Å². The second-order valence-corrected chi connectivity index (χ2v) is 3.82. The molecule has 4 heteroatoms. The van der Waals surface area contributed by atoms with Gasteiger partial charge in [-0.1, -0.05) is 0 Å². The Balaban J connectivity index is 2.77. The molecule has 12 heavy (non-hydrogen) atoms. The highest BCUT2D eigenvalue weighted by Crippen LogP contribution is 2.08. The van der Waals surface area contributed by atoms with E-state index in [2.05, 4.69) is 9.97 Å². The van der Waals surface area contributed by atoms with E-state index in [1.54, 1.807) is 6.20 Å². The molecular formula is C8H12ClN3. The van der Waals surface area contributed by atoms with Gasteiger partial charge in [0.25, 0.3) is 0 Å². The van der Waals surface area contributed by atoms with Crippen molar-refractivity contribution in [1.29, 1.82) is 0 Å². The molecule has 66 valence electrons. The number of hydrogen-bond donors (Lipinski definition) is 1. The third-order valence-electron chi connectivity index (χ3n) is 1.32. The summed E-state index contributed by atoms with van der Waals surface area (Å²) in [5.74, 6) is 0. The molecule has 0 aromatic carbocycles. The SMILES string of the molecule is CC(C)(N)Cc1ccnc(Cl)n1. The van der Waals surface area contributed by atoms with Crippen LogP contribution in [0.4, 0.5) is 0 Å². The fraction of sp³-hybridized carbons (Fsp3) is 0.500. The lowest BCUT2D eigenvalue weighted by atomic mass is 10.0. The monoisotopic (exact) mass is 185 g/mol. The summed E-state index contributed by atoms with van der Waals surface area (Å²) in [6, 6.07) is 1.82. The van der Waals surface area contributed by atoms with Gasteiger partial charge in [-0.15, -0.1) is 0 Å². The molecule has 0 aliphatic rings. The maximum Gasteiger partial charge on any atom is 0.222 e. The molecule has 0 fully saturated rings. The Morgan fingerprint density at radius 1 is 1.58 bits per heavy atom. The predicted molar refractivity (Wildman–Crippen MR) is 49.0 cm³/mol. The van der Waals surface area contributed by atoms with Crippen LogP contribution in [0.1, 0.15) is 19.5 Å². The first-order chi connectivity index (χ1) is 5.47. The van der Waals surface area contributed by atoms with Crippen LogP contribution in [0.2, 0.25) is 5.28 Å². The van der Waals surface area contributed by atoms with Gasteiger partial charge >= 0.3 is 0 Å². The van der Waals surface area contributed by atoms with Gasteiger partial charge in [0.1, 0.15) is 0 Å². The number of rotatable bonds is 2. The summed E-state index contributed by atoms with van der Waals surface area (Å²) >= 11 is 5.61. The highest BCUT2D eigenvalue weighted by Gasteiger charge is 2.12. The highest BCUT2D eigenvalue weighted by molar-refractivity contribution is 6.28. The molecular weight excluding hydrogens is 174 g/mol. The van der Waals surface area contributed by atoms with E-state index in [0.29, 0.717) is 6.42 Å². The zero-order chi connectivity index (χ0) is 9.19. The van der Waals surface area contributed by atoms with Gasteiger partial charge in [0.2, 0.25) is 5.28 Å². The van der Waals surface area contributed by atoms with Gasteiger partial charge < -0.3 is 5.73 Å². The first-order valence-electron chi connectivity index (χ1n) is 3.74. The standard InChI is InChI=1S/C8H12ClN3/c1-8(2,10)5-6-3-4-11-7(9)12-6/h3-4H,5,10H2,1-2H3. The molecule has 1 heterocycles. The molecule has 0 bridgehead atoms. The van der Waals surface area contributed by atoms with Gasteiger partial charge in [-0.3, -0.25) is 0 Å². The van der Waals surface area contributed by atoms with Crippen molar-refractivity contribution in [1.82, 2.24) is 9.97 Å². The average Bonchev–Trinajstić information content (AvgIpc) is 1.82. The molecule has 0 atom stereocenters. The summed E-state index contributed by atoms with van der Waals surface area (Å²) in [5.41, 5.74) is 6.44. The molecule has 0 radical (unpaired) electrons. The van der Waals surface area contributed by atoms with Crippen LogP contribution in [0, 0.1) is 0 Å². The van der Waals surface area contributed by atoms with Crippen LogP contribution in [-0.2, 0) is 6.42 Å². The Morgan fingerprint density at radius 2 is 2.25 bits per heavy atom. The number of hydrogen-bond acceptors (Lipinski definition) is 3. The van der Waals surface area contributed by atoms with Crippen LogP contribution in [0.25, 0.3) is 0 Å².